The van der Waals surface area contributed by atoms with E-state index in [1.54, 1.807) is 24.3 Å². The third kappa shape index (κ3) is 5.47. The van der Waals surface area contributed by atoms with E-state index in [4.69, 9.17) is 14.6 Å². The van der Waals surface area contributed by atoms with Gasteiger partial charge in [-0.1, -0.05) is 17.7 Å². The summed E-state index contributed by atoms with van der Waals surface area (Å²) in [6.07, 6.45) is 0. The molecule has 2 aromatic rings. The molecule has 0 saturated carbocycles. The highest BCUT2D eigenvalue weighted by Gasteiger charge is 2.14. The molecule has 0 heterocycles. The fourth-order valence-corrected chi connectivity index (χ4v) is 3.26. The van der Waals surface area contributed by atoms with Gasteiger partial charge < -0.3 is 19.7 Å². The standard InChI is InChI=1S/C18H20O7S/c1-13-2-5-15(6-3-13)26(22,23)11-10-24-8-9-25-14-4-7-16(18(20)21)17(19)12-14/h2-7,12,19H,8-11H2,1H3,(H,20,21). The van der Waals surface area contributed by atoms with Crippen LogP contribution >= 0.6 is 0 Å². The van der Waals surface area contributed by atoms with Gasteiger partial charge in [0.2, 0.25) is 0 Å². The van der Waals surface area contributed by atoms with Gasteiger partial charge in [0.25, 0.3) is 0 Å². The predicted octanol–water partition coefficient (Wildman–Crippen LogP) is 2.27. The van der Waals surface area contributed by atoms with Crippen molar-refractivity contribution in [3.8, 4) is 11.5 Å². The summed E-state index contributed by atoms with van der Waals surface area (Å²) >= 11 is 0. The van der Waals surface area contributed by atoms with Crippen LogP contribution in [-0.4, -0.2) is 50.2 Å². The molecule has 0 aliphatic heterocycles. The van der Waals surface area contributed by atoms with Crippen LogP contribution in [0.5, 0.6) is 11.5 Å². The van der Waals surface area contributed by atoms with Crippen molar-refractivity contribution in [2.45, 2.75) is 11.8 Å². The Hall–Kier alpha value is -2.58. The van der Waals surface area contributed by atoms with Gasteiger partial charge in [-0.25, -0.2) is 13.2 Å². The number of sulfone groups is 1. The highest BCUT2D eigenvalue weighted by atomic mass is 32.2. The molecule has 2 rings (SSSR count). The van der Waals surface area contributed by atoms with Crippen LogP contribution < -0.4 is 4.74 Å². The number of benzene rings is 2. The summed E-state index contributed by atoms with van der Waals surface area (Å²) < 4.78 is 34.9. The van der Waals surface area contributed by atoms with E-state index >= 15 is 0 Å². The Bertz CT molecular complexity index is 858. The summed E-state index contributed by atoms with van der Waals surface area (Å²) in [5, 5.41) is 18.4. The SMILES string of the molecule is Cc1ccc(S(=O)(=O)CCOCCOc2ccc(C(=O)O)c(O)c2)cc1. The largest absolute Gasteiger partial charge is 0.507 e. The zero-order valence-corrected chi connectivity index (χ0v) is 15.0. The lowest BCUT2D eigenvalue weighted by Crippen LogP contribution is -2.15. The van der Waals surface area contributed by atoms with Crippen molar-refractivity contribution in [2.24, 2.45) is 0 Å². The Labute approximate surface area is 151 Å². The van der Waals surface area contributed by atoms with Crippen LogP contribution in [-0.2, 0) is 14.6 Å². The van der Waals surface area contributed by atoms with E-state index < -0.39 is 15.8 Å². The molecule has 2 N–H and O–H groups in total. The van der Waals surface area contributed by atoms with Gasteiger partial charge in [0, 0.05) is 6.07 Å². The maximum atomic E-state index is 12.1. The van der Waals surface area contributed by atoms with Crippen LogP contribution in [0.25, 0.3) is 0 Å². The number of rotatable bonds is 9. The normalized spacial score (nSPS) is 11.3. The van der Waals surface area contributed by atoms with Crippen LogP contribution in [0.2, 0.25) is 0 Å². The summed E-state index contributed by atoms with van der Waals surface area (Å²) in [5.74, 6) is -1.46. The predicted molar refractivity (Wildman–Crippen MR) is 94.6 cm³/mol. The number of ether oxygens (including phenoxy) is 2. The first-order valence-corrected chi connectivity index (χ1v) is 9.51. The van der Waals surface area contributed by atoms with Gasteiger partial charge in [-0.05, 0) is 31.2 Å². The van der Waals surface area contributed by atoms with Gasteiger partial charge in [0.15, 0.2) is 9.84 Å². The lowest BCUT2D eigenvalue weighted by Gasteiger charge is -2.09. The van der Waals surface area contributed by atoms with Crippen LogP contribution in [0.3, 0.4) is 0 Å². The Morgan fingerprint density at radius 3 is 2.35 bits per heavy atom. The minimum absolute atomic E-state index is 0.0305. The molecule has 0 radical (unpaired) electrons. The minimum Gasteiger partial charge on any atom is -0.507 e. The zero-order chi connectivity index (χ0) is 19.2. The van der Waals surface area contributed by atoms with Crippen LogP contribution in [0, 0.1) is 6.92 Å². The molecule has 0 saturated heterocycles. The van der Waals surface area contributed by atoms with E-state index in [9.17, 15) is 18.3 Å². The number of aromatic carboxylic acids is 1. The zero-order valence-electron chi connectivity index (χ0n) is 14.2. The molecule has 7 nitrogen and oxygen atoms in total. The monoisotopic (exact) mass is 380 g/mol. The molecule has 0 aliphatic carbocycles. The molecule has 0 amide bonds. The van der Waals surface area contributed by atoms with Crippen molar-refractivity contribution in [2.75, 3.05) is 25.6 Å². The number of carbonyl (C=O) groups is 1. The molecular formula is C18H20O7S. The van der Waals surface area contributed by atoms with E-state index in [0.29, 0.717) is 5.75 Å². The van der Waals surface area contributed by atoms with E-state index in [1.165, 1.54) is 18.2 Å². The number of hydrogen-bond acceptors (Lipinski definition) is 6. The average Bonchev–Trinajstić information content (AvgIpc) is 2.58. The number of hydrogen-bond donors (Lipinski definition) is 2. The first-order valence-electron chi connectivity index (χ1n) is 7.86. The van der Waals surface area contributed by atoms with Crippen LogP contribution in [0.4, 0.5) is 0 Å². The third-order valence-electron chi connectivity index (χ3n) is 3.57. The Morgan fingerprint density at radius 1 is 1.04 bits per heavy atom. The van der Waals surface area contributed by atoms with E-state index in [0.717, 1.165) is 5.56 Å². The first-order chi connectivity index (χ1) is 12.3. The van der Waals surface area contributed by atoms with Crippen molar-refractivity contribution < 1.29 is 32.9 Å². The number of carboxylic acids is 1. The second-order valence-electron chi connectivity index (χ2n) is 5.58. The maximum absolute atomic E-state index is 12.1. The molecule has 26 heavy (non-hydrogen) atoms. The Morgan fingerprint density at radius 2 is 1.73 bits per heavy atom. The fraction of sp³-hybridized carbons (Fsp3) is 0.278. The number of carboxylic acid groups (broad SMARTS) is 1. The molecule has 0 atom stereocenters. The summed E-state index contributed by atoms with van der Waals surface area (Å²) in [5.41, 5.74) is 0.773. The van der Waals surface area contributed by atoms with Crippen LogP contribution in [0.1, 0.15) is 15.9 Å². The van der Waals surface area contributed by atoms with Crippen molar-refractivity contribution in [1.82, 2.24) is 0 Å². The molecule has 0 spiro atoms. The van der Waals surface area contributed by atoms with Crippen molar-refractivity contribution in [3.05, 3.63) is 53.6 Å². The summed E-state index contributed by atoms with van der Waals surface area (Å²) in [6, 6.07) is 10.5. The van der Waals surface area contributed by atoms with Crippen molar-refractivity contribution in [1.29, 1.82) is 0 Å². The number of aromatic hydroxyl groups is 1. The number of phenols is 1. The Kier molecular flexibility index (Phi) is 6.59. The van der Waals surface area contributed by atoms with Gasteiger partial charge in [-0.15, -0.1) is 0 Å². The molecule has 8 heteroatoms. The number of aryl methyl sites for hydroxylation is 1. The van der Waals surface area contributed by atoms with Gasteiger partial charge >= 0.3 is 5.97 Å². The molecule has 0 aliphatic rings. The second kappa shape index (κ2) is 8.68. The van der Waals surface area contributed by atoms with E-state index in [-0.39, 0.29) is 41.8 Å². The minimum atomic E-state index is -3.39. The second-order valence-corrected chi connectivity index (χ2v) is 7.69. The Balaban J connectivity index is 1.73. The highest BCUT2D eigenvalue weighted by molar-refractivity contribution is 7.91. The van der Waals surface area contributed by atoms with Gasteiger partial charge in [0.05, 0.1) is 23.9 Å². The van der Waals surface area contributed by atoms with Crippen molar-refractivity contribution >= 4 is 15.8 Å². The summed E-state index contributed by atoms with van der Waals surface area (Å²) in [4.78, 5) is 11.1. The fourth-order valence-electron chi connectivity index (χ4n) is 2.13. The molecular weight excluding hydrogens is 360 g/mol. The maximum Gasteiger partial charge on any atom is 0.339 e. The molecule has 0 unspecified atom stereocenters. The highest BCUT2D eigenvalue weighted by Crippen LogP contribution is 2.23. The van der Waals surface area contributed by atoms with E-state index in [1.807, 2.05) is 6.92 Å². The van der Waals surface area contributed by atoms with Gasteiger partial charge in [-0.2, -0.15) is 0 Å². The average molecular weight is 380 g/mol. The van der Waals surface area contributed by atoms with Crippen LogP contribution in [0.15, 0.2) is 47.4 Å². The summed E-state index contributed by atoms with van der Waals surface area (Å²) in [6.45, 7) is 2.21. The van der Waals surface area contributed by atoms with E-state index in [2.05, 4.69) is 0 Å². The smallest absolute Gasteiger partial charge is 0.339 e. The molecule has 0 bridgehead atoms. The first kappa shape index (κ1) is 19.7. The van der Waals surface area contributed by atoms with Gasteiger partial charge in [-0.3, -0.25) is 0 Å². The molecule has 140 valence electrons. The topological polar surface area (TPSA) is 110 Å². The lowest BCUT2D eigenvalue weighted by atomic mass is 10.2. The third-order valence-corrected chi connectivity index (χ3v) is 5.27. The molecule has 2 aromatic carbocycles. The molecule has 0 aromatic heterocycles. The van der Waals surface area contributed by atoms with Crippen molar-refractivity contribution in [3.63, 3.8) is 0 Å². The molecule has 0 fully saturated rings. The van der Waals surface area contributed by atoms with Gasteiger partial charge in [0.1, 0.15) is 23.7 Å². The summed E-state index contributed by atoms with van der Waals surface area (Å²) in [7, 11) is -3.39. The lowest BCUT2D eigenvalue weighted by molar-refractivity contribution is 0.0693. The quantitative estimate of drug-likeness (QED) is 0.642.